The number of benzene rings is 1. The number of nitrogens with one attached hydrogen (secondary N) is 3. The van der Waals surface area contributed by atoms with Crippen molar-refractivity contribution in [1.29, 1.82) is 0 Å². The first-order valence-corrected chi connectivity index (χ1v) is 11.7. The molecule has 9 heteroatoms. The molecule has 0 spiro atoms. The molecule has 0 radical (unpaired) electrons. The van der Waals surface area contributed by atoms with Crippen LogP contribution in [-0.4, -0.2) is 54.0 Å². The Kier molecular flexibility index (Phi) is 6.87. The maximum Gasteiger partial charge on any atom is 0.399 e. The molecule has 4 N–H and O–H groups in total. The van der Waals surface area contributed by atoms with Crippen molar-refractivity contribution in [1.82, 2.24) is 15.6 Å². The Hall–Kier alpha value is -2.65. The number of rotatable bonds is 7. The monoisotopic (exact) mass is 476 g/mol. The summed E-state index contributed by atoms with van der Waals surface area (Å²) in [5.74, 6) is 0.0902. The van der Waals surface area contributed by atoms with Crippen LogP contribution in [0.15, 0.2) is 30.3 Å². The molecule has 1 amide bonds. The van der Waals surface area contributed by atoms with E-state index >= 15 is 0 Å². The minimum absolute atomic E-state index is 0.00188. The normalized spacial score (nSPS) is 21.7. The van der Waals surface area contributed by atoms with Crippen LogP contribution in [0.25, 0.3) is 16.8 Å². The number of pyridine rings is 1. The topological polar surface area (TPSA) is 86.3 Å². The van der Waals surface area contributed by atoms with Crippen molar-refractivity contribution in [3.8, 4) is 0 Å². The molecule has 1 saturated carbocycles. The highest BCUT2D eigenvalue weighted by atomic mass is 19.4. The Labute approximate surface area is 197 Å². The lowest BCUT2D eigenvalue weighted by molar-refractivity contribution is -0.180. The van der Waals surface area contributed by atoms with Gasteiger partial charge in [0.25, 0.3) is 0 Å². The molecule has 2 aliphatic rings. The van der Waals surface area contributed by atoms with Gasteiger partial charge in [-0.05, 0) is 57.9 Å². The first kappa shape index (κ1) is 24.5. The molecule has 0 bridgehead atoms. The van der Waals surface area contributed by atoms with Crippen LogP contribution < -0.4 is 16.0 Å². The van der Waals surface area contributed by atoms with Crippen molar-refractivity contribution in [2.24, 2.45) is 5.92 Å². The quantitative estimate of drug-likeness (QED) is 0.489. The van der Waals surface area contributed by atoms with Crippen molar-refractivity contribution >= 4 is 28.4 Å². The van der Waals surface area contributed by atoms with Crippen LogP contribution in [-0.2, 0) is 10.2 Å². The first-order chi connectivity index (χ1) is 16.1. The van der Waals surface area contributed by atoms with Gasteiger partial charge in [-0.25, -0.2) is 0 Å². The van der Waals surface area contributed by atoms with Crippen molar-refractivity contribution in [2.45, 2.75) is 56.8 Å². The summed E-state index contributed by atoms with van der Waals surface area (Å²) in [6, 6.07) is 6.71. The zero-order valence-corrected chi connectivity index (χ0v) is 19.4. The van der Waals surface area contributed by atoms with Crippen molar-refractivity contribution in [3.63, 3.8) is 0 Å². The van der Waals surface area contributed by atoms with Gasteiger partial charge in [0, 0.05) is 35.5 Å². The molecule has 1 aliphatic heterocycles. The van der Waals surface area contributed by atoms with Crippen LogP contribution in [0.5, 0.6) is 0 Å². The molecule has 1 aromatic carbocycles. The molecule has 2 aromatic rings. The summed E-state index contributed by atoms with van der Waals surface area (Å²) in [5.41, 5.74) is -1.21. The molecule has 1 saturated heterocycles. The highest BCUT2D eigenvalue weighted by Crippen LogP contribution is 2.43. The number of aliphatic hydroxyl groups is 1. The fourth-order valence-corrected chi connectivity index (χ4v) is 4.16. The van der Waals surface area contributed by atoms with Crippen molar-refractivity contribution in [3.05, 3.63) is 41.7 Å². The number of β-amino-alcohol motifs (C(OH)–C–C–N with tert-alkyl or cyclic N) is 1. The summed E-state index contributed by atoms with van der Waals surface area (Å²) >= 11 is 0. The molecular formula is C25H31F3N4O2. The average Bonchev–Trinajstić information content (AvgIpc) is 3.63. The number of carbonyl (C=O) groups excluding carboxylic acids is 1. The van der Waals surface area contributed by atoms with Crippen molar-refractivity contribution in [2.75, 3.05) is 25.0 Å². The Morgan fingerprint density at radius 1 is 1.24 bits per heavy atom. The standard InChI is InChI=1S/C25H31F3N4O2/c1-24(2,25(26,27)28)22-17-6-3-7-19(32-20-10-12-29-14-21(20)33)18(17)13-16(31-22)5-4-11-30-23(34)15-8-9-15/h3-7,13,15,20-21,29,32-33H,8-12,14H2,1-2H3,(H,30,34)/b5-4+/t20-,21+/m1/s1. The lowest BCUT2D eigenvalue weighted by Gasteiger charge is -2.31. The van der Waals surface area contributed by atoms with E-state index in [0.29, 0.717) is 35.1 Å². The molecule has 2 atom stereocenters. The predicted octanol–water partition coefficient (Wildman–Crippen LogP) is 3.75. The summed E-state index contributed by atoms with van der Waals surface area (Å²) in [6.45, 7) is 3.75. The summed E-state index contributed by atoms with van der Waals surface area (Å²) in [6.07, 6.45) is 0.730. The van der Waals surface area contributed by atoms with Crippen LogP contribution in [0.1, 0.15) is 44.5 Å². The third kappa shape index (κ3) is 5.20. The Morgan fingerprint density at radius 2 is 2.00 bits per heavy atom. The summed E-state index contributed by atoms with van der Waals surface area (Å²) < 4.78 is 42.1. The lowest BCUT2D eigenvalue weighted by Crippen LogP contribution is -2.47. The highest BCUT2D eigenvalue weighted by molar-refractivity contribution is 5.97. The average molecular weight is 477 g/mol. The minimum atomic E-state index is -4.50. The molecule has 6 nitrogen and oxygen atoms in total. The van der Waals surface area contributed by atoms with Gasteiger partial charge in [-0.2, -0.15) is 13.2 Å². The molecule has 2 heterocycles. The number of piperidine rings is 1. The summed E-state index contributed by atoms with van der Waals surface area (Å²) in [5, 5.41) is 20.6. The zero-order chi connectivity index (χ0) is 24.5. The third-order valence-electron chi connectivity index (χ3n) is 6.62. The van der Waals surface area contributed by atoms with E-state index in [4.69, 9.17) is 0 Å². The van der Waals surface area contributed by atoms with Gasteiger partial charge < -0.3 is 21.1 Å². The zero-order valence-electron chi connectivity index (χ0n) is 19.4. The fraction of sp³-hybridized carbons (Fsp3) is 0.520. The number of anilines is 1. The number of fused-ring (bicyclic) bond motifs is 1. The lowest BCUT2D eigenvalue weighted by atomic mass is 9.84. The number of aliphatic hydroxyl groups excluding tert-OH is 1. The molecule has 34 heavy (non-hydrogen) atoms. The second-order valence-corrected chi connectivity index (χ2v) is 9.65. The summed E-state index contributed by atoms with van der Waals surface area (Å²) in [7, 11) is 0. The van der Waals surface area contributed by atoms with Gasteiger partial charge in [0.15, 0.2) is 0 Å². The molecule has 2 fully saturated rings. The number of hydrogen-bond donors (Lipinski definition) is 4. The van der Waals surface area contributed by atoms with Gasteiger partial charge in [-0.3, -0.25) is 9.78 Å². The van der Waals surface area contributed by atoms with E-state index in [9.17, 15) is 23.1 Å². The highest BCUT2D eigenvalue weighted by Gasteiger charge is 2.50. The number of aromatic nitrogens is 1. The smallest absolute Gasteiger partial charge is 0.390 e. The molecule has 1 aliphatic carbocycles. The number of alkyl halides is 3. The number of halogens is 3. The SMILES string of the molecule is CC(C)(c1nc(/C=C/CNC(=O)C2CC2)cc2c(N[C@@H]3CCNC[C@@H]3O)cccc12)C(F)(F)F. The van der Waals surface area contributed by atoms with E-state index in [1.165, 1.54) is 0 Å². The second kappa shape index (κ2) is 9.54. The van der Waals surface area contributed by atoms with Gasteiger partial charge in [0.05, 0.1) is 23.5 Å². The van der Waals surface area contributed by atoms with Gasteiger partial charge in [0.2, 0.25) is 5.91 Å². The second-order valence-electron chi connectivity index (χ2n) is 9.65. The molecule has 0 unspecified atom stereocenters. The number of nitrogens with zero attached hydrogens (tertiary/aromatic N) is 1. The van der Waals surface area contributed by atoms with Gasteiger partial charge in [-0.1, -0.05) is 18.2 Å². The van der Waals surface area contributed by atoms with Crippen LogP contribution in [0.4, 0.5) is 18.9 Å². The van der Waals surface area contributed by atoms with E-state index < -0.39 is 17.7 Å². The van der Waals surface area contributed by atoms with E-state index in [1.807, 2.05) is 6.07 Å². The Morgan fingerprint density at radius 3 is 2.68 bits per heavy atom. The van der Waals surface area contributed by atoms with Crippen LogP contribution >= 0.6 is 0 Å². The molecule has 4 rings (SSSR count). The van der Waals surface area contributed by atoms with E-state index in [0.717, 1.165) is 33.2 Å². The number of hydrogen-bond acceptors (Lipinski definition) is 5. The maximum atomic E-state index is 14.0. The first-order valence-electron chi connectivity index (χ1n) is 11.7. The van der Waals surface area contributed by atoms with Gasteiger partial charge >= 0.3 is 6.18 Å². The molecule has 184 valence electrons. The van der Waals surface area contributed by atoms with Crippen molar-refractivity contribution < 1.29 is 23.1 Å². The predicted molar refractivity (Wildman–Crippen MR) is 126 cm³/mol. The largest absolute Gasteiger partial charge is 0.399 e. The van der Waals surface area contributed by atoms with Gasteiger partial charge in [0.1, 0.15) is 5.41 Å². The van der Waals surface area contributed by atoms with E-state index in [2.05, 4.69) is 20.9 Å². The van der Waals surface area contributed by atoms with Crippen LogP contribution in [0.3, 0.4) is 0 Å². The Balaban J connectivity index is 1.71. The van der Waals surface area contributed by atoms with Crippen LogP contribution in [0, 0.1) is 5.92 Å². The number of amides is 1. The molecule has 1 aromatic heterocycles. The number of carbonyl (C=O) groups is 1. The third-order valence-corrected chi connectivity index (χ3v) is 6.62. The fourth-order valence-electron chi connectivity index (χ4n) is 4.16. The molecular weight excluding hydrogens is 445 g/mol. The van der Waals surface area contributed by atoms with E-state index in [1.54, 1.807) is 30.4 Å². The minimum Gasteiger partial charge on any atom is -0.390 e. The van der Waals surface area contributed by atoms with E-state index in [-0.39, 0.29) is 30.1 Å². The summed E-state index contributed by atoms with van der Waals surface area (Å²) in [4.78, 5) is 16.2. The van der Waals surface area contributed by atoms with Crippen LogP contribution in [0.2, 0.25) is 0 Å². The van der Waals surface area contributed by atoms with Gasteiger partial charge in [-0.15, -0.1) is 0 Å². The Bertz CT molecular complexity index is 1080. The maximum absolute atomic E-state index is 14.0.